The van der Waals surface area contributed by atoms with Crippen molar-refractivity contribution >= 4 is 5.97 Å². The van der Waals surface area contributed by atoms with Crippen LogP contribution in [-0.4, -0.2) is 77.8 Å². The average molecular weight is 279 g/mol. The first-order valence-electron chi connectivity index (χ1n) is 6.55. The SMILES string of the molecule is CCOCC[N+](C)(C)CCOCC.COCC(=O)[O-]. The second kappa shape index (κ2) is 13.7. The van der Waals surface area contributed by atoms with Gasteiger partial charge in [-0.3, -0.25) is 0 Å². The number of methoxy groups -OCH3 is 1. The minimum atomic E-state index is -1.18. The normalized spacial score (nSPS) is 10.8. The highest BCUT2D eigenvalue weighted by Crippen LogP contribution is 1.96. The van der Waals surface area contributed by atoms with E-state index < -0.39 is 5.97 Å². The Morgan fingerprint density at radius 2 is 1.47 bits per heavy atom. The van der Waals surface area contributed by atoms with E-state index in [9.17, 15) is 9.90 Å². The molecule has 0 aromatic heterocycles. The smallest absolute Gasteiger partial charge is 0.102 e. The number of nitrogens with zero attached hydrogens (tertiary/aromatic N) is 1. The van der Waals surface area contributed by atoms with Gasteiger partial charge in [0.05, 0.1) is 39.9 Å². The summed E-state index contributed by atoms with van der Waals surface area (Å²) < 4.78 is 15.8. The number of carboxylic acids is 1. The lowest BCUT2D eigenvalue weighted by molar-refractivity contribution is -0.891. The fraction of sp³-hybridized carbons (Fsp3) is 0.923. The topological polar surface area (TPSA) is 67.8 Å². The first kappa shape index (κ1) is 20.6. The van der Waals surface area contributed by atoms with Crippen molar-refractivity contribution in [2.24, 2.45) is 0 Å². The van der Waals surface area contributed by atoms with Crippen LogP contribution in [0.5, 0.6) is 0 Å². The van der Waals surface area contributed by atoms with Crippen molar-refractivity contribution in [1.29, 1.82) is 0 Å². The molecule has 19 heavy (non-hydrogen) atoms. The number of carbonyl (C=O) groups is 1. The average Bonchev–Trinajstić information content (AvgIpc) is 2.30. The fourth-order valence-electron chi connectivity index (χ4n) is 1.14. The van der Waals surface area contributed by atoms with Gasteiger partial charge in [-0.25, -0.2) is 0 Å². The van der Waals surface area contributed by atoms with Gasteiger partial charge in [-0.1, -0.05) is 0 Å². The molecule has 0 saturated carbocycles. The molecule has 0 unspecified atom stereocenters. The molecule has 0 aliphatic rings. The van der Waals surface area contributed by atoms with Crippen LogP contribution in [0.1, 0.15) is 13.8 Å². The molecule has 0 amide bonds. The van der Waals surface area contributed by atoms with Crippen molar-refractivity contribution in [3.63, 3.8) is 0 Å². The number of ether oxygens (including phenoxy) is 3. The van der Waals surface area contributed by atoms with E-state index in [4.69, 9.17) is 9.47 Å². The minimum absolute atomic E-state index is 0.319. The summed E-state index contributed by atoms with van der Waals surface area (Å²) in [5.41, 5.74) is 0. The molecule has 0 aliphatic heterocycles. The lowest BCUT2D eigenvalue weighted by atomic mass is 10.4. The van der Waals surface area contributed by atoms with E-state index in [1.807, 2.05) is 13.8 Å². The lowest BCUT2D eigenvalue weighted by Gasteiger charge is -2.29. The van der Waals surface area contributed by atoms with Crippen molar-refractivity contribution in [2.45, 2.75) is 13.8 Å². The van der Waals surface area contributed by atoms with Crippen LogP contribution in [0.25, 0.3) is 0 Å². The van der Waals surface area contributed by atoms with Crippen LogP contribution in [0.4, 0.5) is 0 Å². The maximum Gasteiger partial charge on any atom is 0.102 e. The quantitative estimate of drug-likeness (QED) is 0.399. The summed E-state index contributed by atoms with van der Waals surface area (Å²) in [5, 5.41) is 9.36. The van der Waals surface area contributed by atoms with Crippen LogP contribution in [0, 0.1) is 0 Å². The number of carboxylic acid groups (broad SMARTS) is 1. The molecule has 0 atom stereocenters. The second-order valence-electron chi connectivity index (χ2n) is 4.58. The molecule has 0 saturated heterocycles. The van der Waals surface area contributed by atoms with E-state index in [1.165, 1.54) is 7.11 Å². The zero-order valence-electron chi connectivity index (χ0n) is 12.9. The lowest BCUT2D eigenvalue weighted by Crippen LogP contribution is -2.44. The molecule has 0 aromatic carbocycles. The largest absolute Gasteiger partial charge is 0.548 e. The predicted molar refractivity (Wildman–Crippen MR) is 71.7 cm³/mol. The molecule has 0 radical (unpaired) electrons. The van der Waals surface area contributed by atoms with Crippen molar-refractivity contribution < 1.29 is 28.6 Å². The highest BCUT2D eigenvalue weighted by Gasteiger charge is 2.13. The Morgan fingerprint density at radius 1 is 1.05 bits per heavy atom. The first-order valence-corrected chi connectivity index (χ1v) is 6.55. The van der Waals surface area contributed by atoms with Crippen molar-refractivity contribution in [3.8, 4) is 0 Å². The van der Waals surface area contributed by atoms with Gasteiger partial charge in [-0.15, -0.1) is 0 Å². The Balaban J connectivity index is 0. The Bertz CT molecular complexity index is 197. The highest BCUT2D eigenvalue weighted by molar-refractivity contribution is 5.65. The number of hydrogen-bond donors (Lipinski definition) is 0. The van der Waals surface area contributed by atoms with Crippen molar-refractivity contribution in [2.75, 3.05) is 67.3 Å². The van der Waals surface area contributed by atoms with Gasteiger partial charge in [0.1, 0.15) is 13.1 Å². The number of quaternary nitrogens is 1. The van der Waals surface area contributed by atoms with E-state index >= 15 is 0 Å². The number of rotatable bonds is 10. The molecule has 0 fully saturated rings. The van der Waals surface area contributed by atoms with Crippen molar-refractivity contribution in [3.05, 3.63) is 0 Å². The Hall–Kier alpha value is -0.690. The predicted octanol–water partition coefficient (Wildman–Crippen LogP) is -0.481. The van der Waals surface area contributed by atoms with Gasteiger partial charge >= 0.3 is 0 Å². The molecular formula is C13H29NO5. The van der Waals surface area contributed by atoms with Gasteiger partial charge in [0.25, 0.3) is 0 Å². The summed E-state index contributed by atoms with van der Waals surface area (Å²) in [6, 6.07) is 0. The van der Waals surface area contributed by atoms with E-state index in [0.717, 1.165) is 44.0 Å². The molecule has 6 nitrogen and oxygen atoms in total. The van der Waals surface area contributed by atoms with Crippen LogP contribution in [0.15, 0.2) is 0 Å². The molecule has 116 valence electrons. The number of hydrogen-bond acceptors (Lipinski definition) is 5. The zero-order valence-corrected chi connectivity index (χ0v) is 12.9. The van der Waals surface area contributed by atoms with Gasteiger partial charge in [0.2, 0.25) is 0 Å². The molecule has 0 rings (SSSR count). The second-order valence-corrected chi connectivity index (χ2v) is 4.58. The van der Waals surface area contributed by atoms with Crippen LogP contribution >= 0.6 is 0 Å². The highest BCUT2D eigenvalue weighted by atomic mass is 16.5. The summed E-state index contributed by atoms with van der Waals surface area (Å²) in [6.07, 6.45) is 0. The number of likely N-dealkylation sites (N-methyl/N-ethyl adjacent to an activating group) is 1. The Morgan fingerprint density at radius 3 is 1.68 bits per heavy atom. The molecule has 0 bridgehead atoms. The molecule has 6 heteroatoms. The van der Waals surface area contributed by atoms with Gasteiger partial charge in [0, 0.05) is 20.3 Å². The van der Waals surface area contributed by atoms with Gasteiger partial charge in [-0.2, -0.15) is 0 Å². The van der Waals surface area contributed by atoms with Gasteiger partial charge in [-0.05, 0) is 13.8 Å². The first-order chi connectivity index (χ1) is 8.89. The monoisotopic (exact) mass is 279 g/mol. The number of carbonyl (C=O) groups excluding carboxylic acids is 1. The fourth-order valence-corrected chi connectivity index (χ4v) is 1.14. The number of aliphatic carboxylic acids is 1. The van der Waals surface area contributed by atoms with Gasteiger partial charge in [0.15, 0.2) is 0 Å². The van der Waals surface area contributed by atoms with E-state index in [1.54, 1.807) is 0 Å². The maximum atomic E-state index is 9.36. The third-order valence-corrected chi connectivity index (χ3v) is 2.35. The molecule has 0 heterocycles. The van der Waals surface area contributed by atoms with Crippen LogP contribution < -0.4 is 5.11 Å². The summed E-state index contributed by atoms with van der Waals surface area (Å²) in [5.74, 6) is -1.18. The summed E-state index contributed by atoms with van der Waals surface area (Å²) in [7, 11) is 5.71. The zero-order chi connectivity index (χ0) is 15.1. The third-order valence-electron chi connectivity index (χ3n) is 2.35. The van der Waals surface area contributed by atoms with E-state index in [0.29, 0.717) is 0 Å². The van der Waals surface area contributed by atoms with Gasteiger partial charge < -0.3 is 28.6 Å². The minimum Gasteiger partial charge on any atom is -0.548 e. The van der Waals surface area contributed by atoms with E-state index in [2.05, 4.69) is 18.8 Å². The molecule has 0 spiro atoms. The standard InChI is InChI=1S/C10H24NO2.C3H6O3/c1-5-12-9-7-11(3,4)8-10-13-6-2;1-6-2-3(4)5/h5-10H2,1-4H3;2H2,1H3,(H,4,5)/q+1;/p-1. The van der Waals surface area contributed by atoms with Crippen LogP contribution in [-0.2, 0) is 19.0 Å². The van der Waals surface area contributed by atoms with Crippen LogP contribution in [0.2, 0.25) is 0 Å². The summed E-state index contributed by atoms with van der Waals surface area (Å²) in [6.45, 7) is 9.16. The summed E-state index contributed by atoms with van der Waals surface area (Å²) in [4.78, 5) is 9.36. The maximum absolute atomic E-state index is 9.36. The molecule has 0 aromatic rings. The third kappa shape index (κ3) is 19.8. The molecule has 0 aliphatic carbocycles. The van der Waals surface area contributed by atoms with Crippen molar-refractivity contribution in [1.82, 2.24) is 0 Å². The van der Waals surface area contributed by atoms with E-state index in [-0.39, 0.29) is 6.61 Å². The Labute approximate surface area is 116 Å². The Kier molecular flexibility index (Phi) is 14.9. The summed E-state index contributed by atoms with van der Waals surface area (Å²) >= 11 is 0. The molecular weight excluding hydrogens is 250 g/mol. The van der Waals surface area contributed by atoms with Crippen LogP contribution in [0.3, 0.4) is 0 Å². The molecule has 0 N–H and O–H groups in total.